The van der Waals surface area contributed by atoms with E-state index in [1.807, 2.05) is 23.1 Å². The Hall–Kier alpha value is -0.770. The highest BCUT2D eigenvalue weighted by molar-refractivity contribution is 6.42. The maximum Gasteiger partial charge on any atom is 0.222 e. The number of rotatable bonds is 6. The van der Waals surface area contributed by atoms with Crippen molar-refractivity contribution < 1.29 is 4.79 Å². The molecule has 0 aliphatic carbocycles. The third-order valence-electron chi connectivity index (χ3n) is 3.69. The fourth-order valence-corrected chi connectivity index (χ4v) is 2.68. The fourth-order valence-electron chi connectivity index (χ4n) is 2.36. The first kappa shape index (κ1) is 15.6. The molecule has 1 fully saturated rings. The van der Waals surface area contributed by atoms with Crippen LogP contribution in [0.4, 0.5) is 0 Å². The van der Waals surface area contributed by atoms with E-state index in [2.05, 4.69) is 11.9 Å². The lowest BCUT2D eigenvalue weighted by Gasteiger charge is -2.21. The summed E-state index contributed by atoms with van der Waals surface area (Å²) in [5.74, 6) is 0.294. The molecule has 20 heavy (non-hydrogen) atoms. The molecule has 1 aromatic carbocycles. The van der Waals surface area contributed by atoms with Crippen LogP contribution < -0.4 is 0 Å². The van der Waals surface area contributed by atoms with Gasteiger partial charge < -0.3 is 9.80 Å². The minimum atomic E-state index is 0.294. The molecule has 0 spiro atoms. The number of nitrogens with zero attached hydrogens (tertiary/aromatic N) is 2. The van der Waals surface area contributed by atoms with E-state index in [0.717, 1.165) is 39.0 Å². The van der Waals surface area contributed by atoms with Gasteiger partial charge in [-0.2, -0.15) is 0 Å². The highest BCUT2D eigenvalue weighted by atomic mass is 35.5. The summed E-state index contributed by atoms with van der Waals surface area (Å²) >= 11 is 11.9. The van der Waals surface area contributed by atoms with Gasteiger partial charge >= 0.3 is 0 Å². The van der Waals surface area contributed by atoms with Gasteiger partial charge in [0, 0.05) is 32.6 Å². The van der Waals surface area contributed by atoms with Crippen LogP contribution in [0.3, 0.4) is 0 Å². The number of benzene rings is 1. The maximum atomic E-state index is 11.5. The van der Waals surface area contributed by atoms with Gasteiger partial charge in [-0.05, 0) is 37.6 Å². The molecular formula is C15H20Cl2N2O. The summed E-state index contributed by atoms with van der Waals surface area (Å²) in [4.78, 5) is 15.7. The van der Waals surface area contributed by atoms with Crippen LogP contribution >= 0.6 is 23.2 Å². The molecule has 1 aliphatic heterocycles. The molecule has 1 amide bonds. The van der Waals surface area contributed by atoms with Gasteiger partial charge in [-0.25, -0.2) is 0 Å². The minimum Gasteiger partial charge on any atom is -0.341 e. The molecule has 5 heteroatoms. The maximum absolute atomic E-state index is 11.5. The molecule has 0 radical (unpaired) electrons. The minimum absolute atomic E-state index is 0.294. The van der Waals surface area contributed by atoms with E-state index < -0.39 is 0 Å². The summed E-state index contributed by atoms with van der Waals surface area (Å²) in [7, 11) is 2.08. The lowest BCUT2D eigenvalue weighted by molar-refractivity contribution is -0.127. The third-order valence-corrected chi connectivity index (χ3v) is 4.43. The van der Waals surface area contributed by atoms with Gasteiger partial charge in [0.1, 0.15) is 0 Å². The molecule has 3 nitrogen and oxygen atoms in total. The van der Waals surface area contributed by atoms with Crippen LogP contribution in [0.2, 0.25) is 10.0 Å². The topological polar surface area (TPSA) is 23.6 Å². The largest absolute Gasteiger partial charge is 0.341 e. The molecule has 1 aliphatic rings. The zero-order valence-corrected chi connectivity index (χ0v) is 13.3. The van der Waals surface area contributed by atoms with Crippen molar-refractivity contribution in [1.29, 1.82) is 0 Å². The summed E-state index contributed by atoms with van der Waals surface area (Å²) in [6, 6.07) is 5.76. The second kappa shape index (κ2) is 7.30. The summed E-state index contributed by atoms with van der Waals surface area (Å²) in [5.41, 5.74) is 1.18. The van der Waals surface area contributed by atoms with Crippen LogP contribution in [-0.2, 0) is 11.2 Å². The van der Waals surface area contributed by atoms with Crippen LogP contribution in [0.15, 0.2) is 18.2 Å². The highest BCUT2D eigenvalue weighted by Gasteiger charge is 2.19. The monoisotopic (exact) mass is 314 g/mol. The lowest BCUT2D eigenvalue weighted by atomic mass is 10.1. The smallest absolute Gasteiger partial charge is 0.222 e. The van der Waals surface area contributed by atoms with Crippen molar-refractivity contribution in [3.05, 3.63) is 33.8 Å². The number of hydrogen-bond donors (Lipinski definition) is 0. The van der Waals surface area contributed by atoms with E-state index in [9.17, 15) is 4.79 Å². The first-order chi connectivity index (χ1) is 9.56. The summed E-state index contributed by atoms with van der Waals surface area (Å²) in [5, 5.41) is 1.20. The van der Waals surface area contributed by atoms with E-state index in [1.165, 1.54) is 5.56 Å². The zero-order chi connectivity index (χ0) is 14.5. The number of likely N-dealkylation sites (N-methyl/N-ethyl adjacent to an activating group) is 1. The second-order valence-corrected chi connectivity index (χ2v) is 6.10. The Labute approximate surface area is 130 Å². The van der Waals surface area contributed by atoms with Crippen molar-refractivity contribution >= 4 is 29.1 Å². The molecule has 1 heterocycles. The normalized spacial score (nSPS) is 15.4. The number of halogens is 2. The van der Waals surface area contributed by atoms with Crippen molar-refractivity contribution in [1.82, 2.24) is 9.80 Å². The average Bonchev–Trinajstić information content (AvgIpc) is 2.83. The summed E-state index contributed by atoms with van der Waals surface area (Å²) < 4.78 is 0. The van der Waals surface area contributed by atoms with Crippen LogP contribution in [0, 0.1) is 0 Å². The van der Waals surface area contributed by atoms with Crippen molar-refractivity contribution in [3.63, 3.8) is 0 Å². The van der Waals surface area contributed by atoms with Crippen LogP contribution in [0.5, 0.6) is 0 Å². The average molecular weight is 315 g/mol. The molecule has 0 unspecified atom stereocenters. The molecule has 0 saturated carbocycles. The van der Waals surface area contributed by atoms with E-state index in [4.69, 9.17) is 23.2 Å². The molecule has 0 N–H and O–H groups in total. The molecule has 0 atom stereocenters. The molecule has 0 aromatic heterocycles. The number of hydrogen-bond acceptors (Lipinski definition) is 2. The van der Waals surface area contributed by atoms with Crippen molar-refractivity contribution in [2.24, 2.45) is 0 Å². The molecule has 1 aromatic rings. The highest BCUT2D eigenvalue weighted by Crippen LogP contribution is 2.22. The van der Waals surface area contributed by atoms with Gasteiger partial charge in [-0.15, -0.1) is 0 Å². The molecule has 1 saturated heterocycles. The van der Waals surface area contributed by atoms with Crippen molar-refractivity contribution in [3.8, 4) is 0 Å². The Kier molecular flexibility index (Phi) is 5.70. The van der Waals surface area contributed by atoms with E-state index in [-0.39, 0.29) is 0 Å². The summed E-state index contributed by atoms with van der Waals surface area (Å²) in [6.07, 6.45) is 2.65. The predicted molar refractivity (Wildman–Crippen MR) is 83.5 cm³/mol. The first-order valence-corrected chi connectivity index (χ1v) is 7.72. The molecular weight excluding hydrogens is 295 g/mol. The van der Waals surface area contributed by atoms with Gasteiger partial charge in [0.15, 0.2) is 0 Å². The predicted octanol–water partition coefficient (Wildman–Crippen LogP) is 3.09. The molecule has 0 bridgehead atoms. The van der Waals surface area contributed by atoms with Gasteiger partial charge in [0.05, 0.1) is 10.0 Å². The van der Waals surface area contributed by atoms with E-state index >= 15 is 0 Å². The van der Waals surface area contributed by atoms with Crippen LogP contribution in [-0.4, -0.2) is 48.9 Å². The Morgan fingerprint density at radius 2 is 2.05 bits per heavy atom. The van der Waals surface area contributed by atoms with Gasteiger partial charge in [-0.1, -0.05) is 29.3 Å². The standard InChI is InChI=1S/C15H20Cl2N2O/c1-18(9-10-19-7-2-3-15(19)20)8-6-12-4-5-13(16)14(17)11-12/h4-5,11H,2-3,6-10H2,1H3. The van der Waals surface area contributed by atoms with Gasteiger partial charge in [0.25, 0.3) is 0 Å². The first-order valence-electron chi connectivity index (χ1n) is 6.96. The zero-order valence-electron chi connectivity index (χ0n) is 11.7. The van der Waals surface area contributed by atoms with E-state index in [0.29, 0.717) is 22.4 Å². The van der Waals surface area contributed by atoms with Gasteiger partial charge in [-0.3, -0.25) is 4.79 Å². The van der Waals surface area contributed by atoms with Gasteiger partial charge in [0.2, 0.25) is 5.91 Å². The van der Waals surface area contributed by atoms with Crippen LogP contribution in [0.1, 0.15) is 18.4 Å². The number of amides is 1. The fraction of sp³-hybridized carbons (Fsp3) is 0.533. The SMILES string of the molecule is CN(CCc1ccc(Cl)c(Cl)c1)CCN1CCCC1=O. The number of carbonyl (C=O) groups is 1. The lowest BCUT2D eigenvalue weighted by Crippen LogP contribution is -2.34. The molecule has 110 valence electrons. The number of likely N-dealkylation sites (tertiary alicyclic amines) is 1. The second-order valence-electron chi connectivity index (χ2n) is 5.29. The Balaban J connectivity index is 1.73. The van der Waals surface area contributed by atoms with Crippen molar-refractivity contribution in [2.75, 3.05) is 33.2 Å². The van der Waals surface area contributed by atoms with Crippen LogP contribution in [0.25, 0.3) is 0 Å². The Bertz CT molecular complexity index is 479. The Morgan fingerprint density at radius 3 is 2.70 bits per heavy atom. The Morgan fingerprint density at radius 1 is 1.25 bits per heavy atom. The number of carbonyl (C=O) groups excluding carboxylic acids is 1. The quantitative estimate of drug-likeness (QED) is 0.805. The third kappa shape index (κ3) is 4.37. The summed E-state index contributed by atoms with van der Waals surface area (Å²) in [6.45, 7) is 3.60. The van der Waals surface area contributed by atoms with Crippen molar-refractivity contribution in [2.45, 2.75) is 19.3 Å². The van der Waals surface area contributed by atoms with E-state index in [1.54, 1.807) is 0 Å². The molecule has 2 rings (SSSR count).